The average molecular weight is 472 g/mol. The summed E-state index contributed by atoms with van der Waals surface area (Å²) in [5, 5.41) is 6.32. The number of rotatable bonds is 8. The zero-order valence-electron chi connectivity index (χ0n) is 21.9. The van der Waals surface area contributed by atoms with E-state index in [0.717, 1.165) is 5.56 Å². The van der Waals surface area contributed by atoms with Crippen LogP contribution in [0.3, 0.4) is 0 Å². The molecule has 0 saturated heterocycles. The molecule has 0 aromatic heterocycles. The number of carbonyl (C=O) groups is 3. The Labute approximate surface area is 204 Å². The third-order valence-electron chi connectivity index (χ3n) is 6.29. The highest BCUT2D eigenvalue weighted by atomic mass is 16.5. The molecule has 0 spiro atoms. The van der Waals surface area contributed by atoms with E-state index in [-0.39, 0.29) is 23.8 Å². The van der Waals surface area contributed by atoms with Gasteiger partial charge in [-0.3, -0.25) is 9.59 Å². The van der Waals surface area contributed by atoms with Gasteiger partial charge in [0.2, 0.25) is 11.8 Å². The standard InChI is InChI=1S/C27H41N3O4/c1-9-34-26(33)18(4)14-22(17(2)3)30(8)25(32)23(27(5,6)7)29-24(31)21-15-19-12-10-11-13-20(19)16-28-21/h10-14,17,21-23,28H,9,15-16H2,1-8H3,(H,29,31)/b18-14+/t21?,22-,23-/m1/s1. The number of nitrogens with one attached hydrogen (secondary N) is 2. The summed E-state index contributed by atoms with van der Waals surface area (Å²) in [7, 11) is 1.72. The molecule has 1 unspecified atom stereocenters. The molecule has 1 heterocycles. The minimum absolute atomic E-state index is 0.0613. The smallest absolute Gasteiger partial charge is 0.333 e. The first kappa shape index (κ1) is 27.6. The van der Waals surface area contributed by atoms with Crippen LogP contribution in [-0.4, -0.2) is 54.5 Å². The lowest BCUT2D eigenvalue weighted by atomic mass is 9.84. The average Bonchev–Trinajstić information content (AvgIpc) is 2.78. The normalized spacial score (nSPS) is 18.0. The van der Waals surface area contributed by atoms with Crippen molar-refractivity contribution in [3.63, 3.8) is 0 Å². The predicted octanol–water partition coefficient (Wildman–Crippen LogP) is 3.22. The van der Waals surface area contributed by atoms with Crippen LogP contribution in [-0.2, 0) is 32.1 Å². The SMILES string of the molecule is CCOC(=O)/C(C)=C/[C@H](C(C)C)N(C)C(=O)[C@@H](NC(=O)C1Cc2ccccc2CN1)C(C)(C)C. The zero-order chi connectivity index (χ0) is 25.6. The Morgan fingerprint density at radius 3 is 2.38 bits per heavy atom. The lowest BCUT2D eigenvalue weighted by Crippen LogP contribution is -2.59. The van der Waals surface area contributed by atoms with E-state index in [0.29, 0.717) is 25.1 Å². The summed E-state index contributed by atoms with van der Waals surface area (Å²) in [5.41, 5.74) is 2.30. The maximum Gasteiger partial charge on any atom is 0.333 e. The Bertz CT molecular complexity index is 917. The molecule has 2 N–H and O–H groups in total. The third kappa shape index (κ3) is 6.92. The number of amides is 2. The van der Waals surface area contributed by atoms with E-state index in [1.165, 1.54) is 5.56 Å². The maximum absolute atomic E-state index is 13.7. The molecule has 0 saturated carbocycles. The molecule has 0 radical (unpaired) electrons. The van der Waals surface area contributed by atoms with Gasteiger partial charge in [-0.15, -0.1) is 0 Å². The van der Waals surface area contributed by atoms with E-state index in [1.807, 2.05) is 52.8 Å². The highest BCUT2D eigenvalue weighted by Gasteiger charge is 2.38. The van der Waals surface area contributed by atoms with E-state index in [2.05, 4.69) is 16.7 Å². The van der Waals surface area contributed by atoms with Gasteiger partial charge >= 0.3 is 5.97 Å². The Balaban J connectivity index is 2.21. The van der Waals surface area contributed by atoms with Gasteiger partial charge in [-0.25, -0.2) is 4.79 Å². The second kappa shape index (κ2) is 11.6. The van der Waals surface area contributed by atoms with Crippen molar-refractivity contribution in [3.8, 4) is 0 Å². The predicted molar refractivity (Wildman–Crippen MR) is 134 cm³/mol. The largest absolute Gasteiger partial charge is 0.463 e. The fraction of sp³-hybridized carbons (Fsp3) is 0.593. The maximum atomic E-state index is 13.7. The summed E-state index contributed by atoms with van der Waals surface area (Å²) in [5.74, 6) is -0.705. The lowest BCUT2D eigenvalue weighted by Gasteiger charge is -2.38. The number of ether oxygens (including phenoxy) is 1. The van der Waals surface area contributed by atoms with Crippen LogP contribution < -0.4 is 10.6 Å². The Morgan fingerprint density at radius 2 is 1.82 bits per heavy atom. The number of fused-ring (bicyclic) bond motifs is 1. The molecule has 1 aliphatic rings. The summed E-state index contributed by atoms with van der Waals surface area (Å²) in [6.07, 6.45) is 2.36. The minimum atomic E-state index is -0.721. The van der Waals surface area contributed by atoms with Crippen LogP contribution in [0.15, 0.2) is 35.9 Å². The Hall–Kier alpha value is -2.67. The summed E-state index contributed by atoms with van der Waals surface area (Å²) in [4.78, 5) is 40.7. The van der Waals surface area contributed by atoms with Crippen LogP contribution in [0.25, 0.3) is 0 Å². The second-order valence-electron chi connectivity index (χ2n) is 10.5. The van der Waals surface area contributed by atoms with E-state index >= 15 is 0 Å². The van der Waals surface area contributed by atoms with Gasteiger partial charge in [-0.2, -0.15) is 0 Å². The molecule has 2 amide bonds. The van der Waals surface area contributed by atoms with Crippen LogP contribution in [0.5, 0.6) is 0 Å². The molecule has 0 bridgehead atoms. The van der Waals surface area contributed by atoms with Crippen molar-refractivity contribution >= 4 is 17.8 Å². The molecular weight excluding hydrogens is 430 g/mol. The molecule has 3 atom stereocenters. The summed E-state index contributed by atoms with van der Waals surface area (Å²) < 4.78 is 5.10. The lowest BCUT2D eigenvalue weighted by molar-refractivity contribution is -0.141. The first-order valence-corrected chi connectivity index (χ1v) is 12.1. The van der Waals surface area contributed by atoms with Crippen molar-refractivity contribution in [1.82, 2.24) is 15.5 Å². The van der Waals surface area contributed by atoms with Gasteiger partial charge in [0.25, 0.3) is 0 Å². The van der Waals surface area contributed by atoms with Crippen molar-refractivity contribution in [2.24, 2.45) is 11.3 Å². The van der Waals surface area contributed by atoms with Gasteiger partial charge < -0.3 is 20.3 Å². The van der Waals surface area contributed by atoms with E-state index in [1.54, 1.807) is 31.9 Å². The number of esters is 1. The molecule has 34 heavy (non-hydrogen) atoms. The number of hydrogen-bond donors (Lipinski definition) is 2. The summed E-state index contributed by atoms with van der Waals surface area (Å²) in [6.45, 7) is 14.2. The summed E-state index contributed by atoms with van der Waals surface area (Å²) in [6, 6.07) is 6.64. The number of benzene rings is 1. The number of carbonyl (C=O) groups excluding carboxylic acids is 3. The Kier molecular flexibility index (Phi) is 9.45. The number of hydrogen-bond acceptors (Lipinski definition) is 5. The number of likely N-dealkylation sites (N-methyl/N-ethyl adjacent to an activating group) is 1. The van der Waals surface area contributed by atoms with Gasteiger partial charge in [0.05, 0.1) is 18.7 Å². The van der Waals surface area contributed by atoms with Crippen LogP contribution in [0.1, 0.15) is 59.6 Å². The van der Waals surface area contributed by atoms with Crippen LogP contribution in [0, 0.1) is 11.3 Å². The van der Waals surface area contributed by atoms with Crippen molar-refractivity contribution in [2.45, 2.75) is 79.6 Å². The molecular formula is C27H41N3O4. The van der Waals surface area contributed by atoms with Crippen molar-refractivity contribution < 1.29 is 19.1 Å². The molecule has 1 aliphatic heterocycles. The minimum Gasteiger partial charge on any atom is -0.463 e. The third-order valence-corrected chi connectivity index (χ3v) is 6.29. The molecule has 7 heteroatoms. The molecule has 1 aromatic rings. The molecule has 7 nitrogen and oxygen atoms in total. The van der Waals surface area contributed by atoms with Crippen molar-refractivity contribution in [1.29, 1.82) is 0 Å². The molecule has 0 aliphatic carbocycles. The highest BCUT2D eigenvalue weighted by molar-refractivity contribution is 5.91. The number of nitrogens with zero attached hydrogens (tertiary/aromatic N) is 1. The van der Waals surface area contributed by atoms with Crippen molar-refractivity contribution in [3.05, 3.63) is 47.0 Å². The van der Waals surface area contributed by atoms with Crippen LogP contribution in [0.4, 0.5) is 0 Å². The molecule has 2 rings (SSSR count). The van der Waals surface area contributed by atoms with Gasteiger partial charge in [-0.1, -0.05) is 65.0 Å². The zero-order valence-corrected chi connectivity index (χ0v) is 21.9. The molecule has 0 fully saturated rings. The fourth-order valence-electron chi connectivity index (χ4n) is 4.20. The first-order chi connectivity index (χ1) is 15.9. The van der Waals surface area contributed by atoms with Gasteiger partial charge in [-0.05, 0) is 42.7 Å². The van der Waals surface area contributed by atoms with Gasteiger partial charge in [0, 0.05) is 19.2 Å². The monoisotopic (exact) mass is 471 g/mol. The Morgan fingerprint density at radius 1 is 1.21 bits per heavy atom. The summed E-state index contributed by atoms with van der Waals surface area (Å²) >= 11 is 0. The quantitative estimate of drug-likeness (QED) is 0.449. The topological polar surface area (TPSA) is 87.7 Å². The highest BCUT2D eigenvalue weighted by Crippen LogP contribution is 2.24. The van der Waals surface area contributed by atoms with Gasteiger partial charge in [0.15, 0.2) is 0 Å². The molecule has 188 valence electrons. The van der Waals surface area contributed by atoms with Crippen LogP contribution >= 0.6 is 0 Å². The fourth-order valence-corrected chi connectivity index (χ4v) is 4.20. The van der Waals surface area contributed by atoms with Gasteiger partial charge in [0.1, 0.15) is 6.04 Å². The van der Waals surface area contributed by atoms with E-state index in [4.69, 9.17) is 4.74 Å². The van der Waals surface area contributed by atoms with E-state index < -0.39 is 23.5 Å². The van der Waals surface area contributed by atoms with Crippen molar-refractivity contribution in [2.75, 3.05) is 13.7 Å². The first-order valence-electron chi connectivity index (χ1n) is 12.1. The van der Waals surface area contributed by atoms with Crippen LogP contribution in [0.2, 0.25) is 0 Å². The molecule has 1 aromatic carbocycles. The second-order valence-corrected chi connectivity index (χ2v) is 10.5. The van der Waals surface area contributed by atoms with E-state index in [9.17, 15) is 14.4 Å².